The first-order valence-electron chi connectivity index (χ1n) is 16.7. The second kappa shape index (κ2) is 15.2. The number of carbonyl (C=O) groups is 3. The SMILES string of the molecule is CC(C)(C)OC(=O)C(F)(F)c1ccc(CCNC(=O)[C@@H]2c3ccccc3C(=O)N([C@H]3CCCC[C@@H]3NS(C)(=O)=O)[C@H]2c2ccc(Cl)cc2Cl)cc1. The van der Waals surface area contributed by atoms with Gasteiger partial charge in [0.2, 0.25) is 15.9 Å². The van der Waals surface area contributed by atoms with Gasteiger partial charge in [-0.15, -0.1) is 0 Å². The van der Waals surface area contributed by atoms with Gasteiger partial charge >= 0.3 is 11.9 Å². The first-order chi connectivity index (χ1) is 23.9. The highest BCUT2D eigenvalue weighted by molar-refractivity contribution is 7.88. The zero-order valence-corrected chi connectivity index (χ0v) is 31.0. The van der Waals surface area contributed by atoms with Crippen molar-refractivity contribution in [3.8, 4) is 0 Å². The van der Waals surface area contributed by atoms with E-state index in [-0.39, 0.29) is 23.9 Å². The van der Waals surface area contributed by atoms with Crippen molar-refractivity contribution in [2.75, 3.05) is 12.8 Å². The number of nitrogens with zero attached hydrogens (tertiary/aromatic N) is 1. The summed E-state index contributed by atoms with van der Waals surface area (Å²) in [5, 5.41) is 3.58. The Hall–Kier alpha value is -3.58. The summed E-state index contributed by atoms with van der Waals surface area (Å²) in [6, 6.07) is 14.8. The van der Waals surface area contributed by atoms with Crippen LogP contribution in [-0.4, -0.2) is 61.6 Å². The van der Waals surface area contributed by atoms with Crippen molar-refractivity contribution < 1.29 is 36.3 Å². The summed E-state index contributed by atoms with van der Waals surface area (Å²) in [4.78, 5) is 42.6. The molecule has 3 aromatic rings. The number of halogens is 4. The number of amides is 2. The molecule has 4 atom stereocenters. The van der Waals surface area contributed by atoms with E-state index in [1.165, 1.54) is 32.9 Å². The van der Waals surface area contributed by atoms with E-state index >= 15 is 0 Å². The third kappa shape index (κ3) is 8.90. The number of alkyl halides is 2. The number of benzene rings is 3. The molecule has 274 valence electrons. The highest BCUT2D eigenvalue weighted by Crippen LogP contribution is 2.48. The van der Waals surface area contributed by atoms with Crippen molar-refractivity contribution in [1.82, 2.24) is 14.9 Å². The van der Waals surface area contributed by atoms with Crippen LogP contribution < -0.4 is 10.0 Å². The minimum Gasteiger partial charge on any atom is -0.455 e. The van der Waals surface area contributed by atoms with Gasteiger partial charge in [-0.05, 0) is 74.9 Å². The lowest BCUT2D eigenvalue weighted by Gasteiger charge is -2.49. The van der Waals surface area contributed by atoms with Gasteiger partial charge in [0.05, 0.1) is 18.2 Å². The number of rotatable bonds is 10. The maximum absolute atomic E-state index is 14.8. The fraction of sp³-hybridized carbons (Fsp3) is 0.432. The average Bonchev–Trinajstić information content (AvgIpc) is 3.04. The summed E-state index contributed by atoms with van der Waals surface area (Å²) in [7, 11) is -3.64. The Morgan fingerprint density at radius 3 is 2.27 bits per heavy atom. The molecule has 3 aromatic carbocycles. The molecule has 0 aromatic heterocycles. The first-order valence-corrected chi connectivity index (χ1v) is 19.3. The van der Waals surface area contributed by atoms with Crippen LogP contribution in [0.1, 0.15) is 91.0 Å². The second-order valence-electron chi connectivity index (χ2n) is 14.1. The minimum atomic E-state index is -3.84. The Kier molecular flexibility index (Phi) is 11.5. The van der Waals surface area contributed by atoms with E-state index in [0.717, 1.165) is 31.2 Å². The zero-order valence-electron chi connectivity index (χ0n) is 28.7. The number of carbonyl (C=O) groups excluding carboxylic acids is 3. The predicted molar refractivity (Wildman–Crippen MR) is 191 cm³/mol. The van der Waals surface area contributed by atoms with E-state index in [9.17, 15) is 31.6 Å². The molecular formula is C37H41Cl2F2N3O6S. The van der Waals surface area contributed by atoms with E-state index < -0.39 is 63.0 Å². The lowest BCUT2D eigenvalue weighted by atomic mass is 9.76. The van der Waals surface area contributed by atoms with E-state index in [1.807, 2.05) is 0 Å². The number of nitrogens with one attached hydrogen (secondary N) is 2. The molecule has 2 N–H and O–H groups in total. The van der Waals surface area contributed by atoms with E-state index in [4.69, 9.17) is 27.9 Å². The Balaban J connectivity index is 1.45. The normalized spacial score (nSPS) is 21.2. The largest absolute Gasteiger partial charge is 0.455 e. The molecule has 1 heterocycles. The predicted octanol–water partition coefficient (Wildman–Crippen LogP) is 6.93. The molecular weight excluding hydrogens is 723 g/mol. The van der Waals surface area contributed by atoms with Gasteiger partial charge in [0, 0.05) is 39.8 Å². The quantitative estimate of drug-likeness (QED) is 0.216. The minimum absolute atomic E-state index is 0.121. The van der Waals surface area contributed by atoms with Crippen LogP contribution in [0.3, 0.4) is 0 Å². The average molecular weight is 765 g/mol. The fourth-order valence-corrected chi connectivity index (χ4v) is 8.25. The summed E-state index contributed by atoms with van der Waals surface area (Å²) in [5.74, 6) is -7.19. The molecule has 9 nitrogen and oxygen atoms in total. The molecule has 5 rings (SSSR count). The van der Waals surface area contributed by atoms with Crippen molar-refractivity contribution >= 4 is 51.0 Å². The van der Waals surface area contributed by atoms with E-state index in [1.54, 1.807) is 47.4 Å². The van der Waals surface area contributed by atoms with Crippen LogP contribution in [0.4, 0.5) is 8.78 Å². The van der Waals surface area contributed by atoms with Gasteiger partial charge in [0.25, 0.3) is 5.91 Å². The topological polar surface area (TPSA) is 122 Å². The van der Waals surface area contributed by atoms with Crippen molar-refractivity contribution in [3.05, 3.63) is 105 Å². The molecule has 14 heteroatoms. The molecule has 1 saturated carbocycles. The zero-order chi connectivity index (χ0) is 37.3. The van der Waals surface area contributed by atoms with Crippen molar-refractivity contribution in [1.29, 1.82) is 0 Å². The first kappa shape index (κ1) is 38.6. The molecule has 0 unspecified atom stereocenters. The van der Waals surface area contributed by atoms with Crippen molar-refractivity contribution in [3.63, 3.8) is 0 Å². The highest BCUT2D eigenvalue weighted by atomic mass is 35.5. The molecule has 1 aliphatic carbocycles. The Morgan fingerprint density at radius 2 is 1.63 bits per heavy atom. The lowest BCUT2D eigenvalue weighted by molar-refractivity contribution is -0.185. The molecule has 0 radical (unpaired) electrons. The molecule has 51 heavy (non-hydrogen) atoms. The van der Waals surface area contributed by atoms with Crippen LogP contribution >= 0.6 is 23.2 Å². The monoisotopic (exact) mass is 763 g/mol. The summed E-state index contributed by atoms with van der Waals surface area (Å²) < 4.78 is 62.1. The number of esters is 1. The van der Waals surface area contributed by atoms with Gasteiger partial charge in [-0.3, -0.25) is 9.59 Å². The summed E-state index contributed by atoms with van der Waals surface area (Å²) in [6.07, 6.45) is 3.87. The van der Waals surface area contributed by atoms with Crippen LogP contribution in [0, 0.1) is 0 Å². The molecule has 1 fully saturated rings. The molecule has 0 spiro atoms. The number of sulfonamides is 1. The van der Waals surface area contributed by atoms with Gasteiger partial charge in [0.1, 0.15) is 5.60 Å². The summed E-state index contributed by atoms with van der Waals surface area (Å²) in [5.41, 5.74) is 0.337. The lowest BCUT2D eigenvalue weighted by Crippen LogP contribution is -2.59. The van der Waals surface area contributed by atoms with Crippen molar-refractivity contribution in [2.45, 2.75) is 88.4 Å². The van der Waals surface area contributed by atoms with Crippen molar-refractivity contribution in [2.24, 2.45) is 0 Å². The Bertz CT molecular complexity index is 1900. The van der Waals surface area contributed by atoms with Crippen LogP contribution in [0.15, 0.2) is 66.7 Å². The van der Waals surface area contributed by atoms with Crippen LogP contribution in [-0.2, 0) is 36.7 Å². The number of fused-ring (bicyclic) bond motifs is 1. The Morgan fingerprint density at radius 1 is 0.961 bits per heavy atom. The van der Waals surface area contributed by atoms with Gasteiger partial charge in [-0.1, -0.05) is 84.6 Å². The Labute approximate surface area is 307 Å². The van der Waals surface area contributed by atoms with Gasteiger partial charge in [0.15, 0.2) is 0 Å². The number of ether oxygens (including phenoxy) is 1. The van der Waals surface area contributed by atoms with Crippen LogP contribution in [0.25, 0.3) is 0 Å². The van der Waals surface area contributed by atoms with Gasteiger partial charge < -0.3 is 15.0 Å². The summed E-state index contributed by atoms with van der Waals surface area (Å²) >= 11 is 13.0. The standard InChI is InChI=1S/C37H41Cl2F2N3O6S/c1-36(2,3)50-35(47)37(40,41)23-15-13-22(14-16-23)19-20-42-33(45)31-25-9-5-6-10-26(25)34(46)44(32(31)27-18-17-24(38)21-28(27)39)30-12-8-7-11-29(30)43-51(4,48)49/h5-6,9-10,13-18,21,29-32,43H,7-8,11-12,19-20H2,1-4H3,(H,42,45)/t29-,30-,31+,32-/m0/s1. The number of hydrogen-bond acceptors (Lipinski definition) is 6. The molecule has 0 bridgehead atoms. The summed E-state index contributed by atoms with van der Waals surface area (Å²) in [6.45, 7) is 4.65. The van der Waals surface area contributed by atoms with E-state index in [0.29, 0.717) is 40.1 Å². The third-order valence-electron chi connectivity index (χ3n) is 9.08. The van der Waals surface area contributed by atoms with Gasteiger partial charge in [-0.2, -0.15) is 8.78 Å². The molecule has 2 amide bonds. The maximum Gasteiger partial charge on any atom is 0.382 e. The third-order valence-corrected chi connectivity index (χ3v) is 10.4. The molecule has 2 aliphatic rings. The second-order valence-corrected chi connectivity index (χ2v) is 16.7. The van der Waals surface area contributed by atoms with Crippen LogP contribution in [0.5, 0.6) is 0 Å². The molecule has 0 saturated heterocycles. The molecule has 1 aliphatic heterocycles. The van der Waals surface area contributed by atoms with Gasteiger partial charge in [-0.25, -0.2) is 17.9 Å². The van der Waals surface area contributed by atoms with Crippen LogP contribution in [0.2, 0.25) is 10.0 Å². The van der Waals surface area contributed by atoms with E-state index in [2.05, 4.69) is 10.0 Å². The number of hydrogen-bond donors (Lipinski definition) is 2. The highest BCUT2D eigenvalue weighted by Gasteiger charge is 2.49. The fourth-order valence-electron chi connectivity index (χ4n) is 6.91. The maximum atomic E-state index is 14.8. The smallest absolute Gasteiger partial charge is 0.382 e.